The van der Waals surface area contributed by atoms with E-state index < -0.39 is 0 Å². The molecule has 1 N–H and O–H groups in total. The second-order valence-corrected chi connectivity index (χ2v) is 5.59. The quantitative estimate of drug-likeness (QED) is 0.773. The molecule has 2 saturated heterocycles. The minimum atomic E-state index is 0.724. The fourth-order valence-corrected chi connectivity index (χ4v) is 3.06. The summed E-state index contributed by atoms with van der Waals surface area (Å²) in [7, 11) is 2.25. The average molecular weight is 225 g/mol. The second kappa shape index (κ2) is 5.99. The van der Waals surface area contributed by atoms with Crippen molar-refractivity contribution in [3.8, 4) is 0 Å². The highest BCUT2D eigenvalue weighted by Crippen LogP contribution is 2.16. The molecule has 2 fully saturated rings. The molecular weight excluding hydrogens is 198 g/mol. The fraction of sp³-hybridized carbons (Fsp3) is 1.00. The van der Waals surface area contributed by atoms with Gasteiger partial charge in [0.1, 0.15) is 0 Å². The van der Waals surface area contributed by atoms with E-state index >= 15 is 0 Å². The van der Waals surface area contributed by atoms with Crippen molar-refractivity contribution in [2.45, 2.75) is 32.2 Å². The molecule has 0 saturated carbocycles. The summed E-state index contributed by atoms with van der Waals surface area (Å²) in [5.74, 6) is 0.917. The van der Waals surface area contributed by atoms with E-state index in [4.69, 9.17) is 0 Å². The summed E-state index contributed by atoms with van der Waals surface area (Å²) < 4.78 is 0. The first-order chi connectivity index (χ1) is 7.78. The molecule has 2 aliphatic heterocycles. The summed E-state index contributed by atoms with van der Waals surface area (Å²) in [6.45, 7) is 9.99. The van der Waals surface area contributed by atoms with Gasteiger partial charge >= 0.3 is 0 Å². The summed E-state index contributed by atoms with van der Waals surface area (Å²) >= 11 is 0. The molecule has 16 heavy (non-hydrogen) atoms. The topological polar surface area (TPSA) is 18.5 Å². The van der Waals surface area contributed by atoms with Crippen LogP contribution in [0.3, 0.4) is 0 Å². The zero-order valence-corrected chi connectivity index (χ0v) is 10.9. The highest BCUT2D eigenvalue weighted by molar-refractivity contribution is 4.80. The van der Waals surface area contributed by atoms with Crippen LogP contribution in [-0.2, 0) is 0 Å². The number of hydrogen-bond acceptors (Lipinski definition) is 3. The van der Waals surface area contributed by atoms with Gasteiger partial charge in [0, 0.05) is 25.7 Å². The van der Waals surface area contributed by atoms with E-state index in [1.165, 1.54) is 58.5 Å². The molecule has 2 rings (SSSR count). The van der Waals surface area contributed by atoms with Crippen molar-refractivity contribution in [1.82, 2.24) is 15.1 Å². The van der Waals surface area contributed by atoms with Gasteiger partial charge in [-0.15, -0.1) is 0 Å². The Kier molecular flexibility index (Phi) is 4.62. The Labute approximate surface area is 100 Å². The Bertz CT molecular complexity index is 207. The summed E-state index contributed by atoms with van der Waals surface area (Å²) in [5.41, 5.74) is 0. The van der Waals surface area contributed by atoms with Gasteiger partial charge in [-0.3, -0.25) is 0 Å². The van der Waals surface area contributed by atoms with Crippen LogP contribution in [0.25, 0.3) is 0 Å². The minimum Gasteiger partial charge on any atom is -0.313 e. The Hall–Kier alpha value is -0.120. The van der Waals surface area contributed by atoms with Crippen molar-refractivity contribution in [2.75, 3.05) is 46.3 Å². The smallest absolute Gasteiger partial charge is 0.0192 e. The molecular formula is C13H27N3. The maximum Gasteiger partial charge on any atom is 0.0192 e. The molecule has 0 amide bonds. The summed E-state index contributed by atoms with van der Waals surface area (Å²) in [5, 5.41) is 3.64. The normalized spacial score (nSPS) is 34.1. The molecule has 94 valence electrons. The van der Waals surface area contributed by atoms with Gasteiger partial charge < -0.3 is 15.1 Å². The molecule has 3 heteroatoms. The highest BCUT2D eigenvalue weighted by atomic mass is 15.2. The van der Waals surface area contributed by atoms with Crippen molar-refractivity contribution < 1.29 is 0 Å². The minimum absolute atomic E-state index is 0.724. The molecule has 2 unspecified atom stereocenters. The third kappa shape index (κ3) is 3.44. The van der Waals surface area contributed by atoms with Gasteiger partial charge in [-0.05, 0) is 51.9 Å². The summed E-state index contributed by atoms with van der Waals surface area (Å²) in [6.07, 6.45) is 3.98. The van der Waals surface area contributed by atoms with Crippen LogP contribution in [0.15, 0.2) is 0 Å². The molecule has 0 aliphatic carbocycles. The lowest BCUT2D eigenvalue weighted by Crippen LogP contribution is -2.39. The van der Waals surface area contributed by atoms with E-state index in [-0.39, 0.29) is 0 Å². The molecule has 0 aromatic heterocycles. The lowest BCUT2D eigenvalue weighted by atomic mass is 10.1. The zero-order chi connectivity index (χ0) is 11.4. The Balaban J connectivity index is 1.78. The molecule has 2 atom stereocenters. The lowest BCUT2D eigenvalue weighted by Gasteiger charge is -2.26. The first kappa shape index (κ1) is 12.3. The molecule has 0 bridgehead atoms. The average Bonchev–Trinajstić information content (AvgIpc) is 2.55. The third-order valence-corrected chi connectivity index (χ3v) is 4.06. The first-order valence-electron chi connectivity index (χ1n) is 6.92. The predicted molar refractivity (Wildman–Crippen MR) is 68.7 cm³/mol. The number of nitrogens with zero attached hydrogens (tertiary/aromatic N) is 2. The van der Waals surface area contributed by atoms with Gasteiger partial charge in [-0.25, -0.2) is 0 Å². The van der Waals surface area contributed by atoms with Crippen LogP contribution in [0.2, 0.25) is 0 Å². The number of hydrogen-bond donors (Lipinski definition) is 1. The standard InChI is InChI=1S/C13H27N3/c1-3-13-11-16(7-4-6-14-13)10-12-5-8-15(2)9-12/h12-14H,3-11H2,1-2H3. The van der Waals surface area contributed by atoms with Crippen LogP contribution in [0, 0.1) is 5.92 Å². The van der Waals surface area contributed by atoms with Crippen molar-refractivity contribution in [3.63, 3.8) is 0 Å². The van der Waals surface area contributed by atoms with Crippen LogP contribution < -0.4 is 5.32 Å². The SMILES string of the molecule is CCC1CN(CC2CCN(C)C2)CCCN1. The Morgan fingerprint density at radius 1 is 1.25 bits per heavy atom. The maximum absolute atomic E-state index is 3.64. The Morgan fingerprint density at radius 2 is 2.12 bits per heavy atom. The summed E-state index contributed by atoms with van der Waals surface area (Å²) in [6, 6.07) is 0.724. The van der Waals surface area contributed by atoms with Crippen LogP contribution in [0.1, 0.15) is 26.2 Å². The van der Waals surface area contributed by atoms with Gasteiger partial charge in [0.15, 0.2) is 0 Å². The predicted octanol–water partition coefficient (Wildman–Crippen LogP) is 1.01. The largest absolute Gasteiger partial charge is 0.313 e. The lowest BCUT2D eigenvalue weighted by molar-refractivity contribution is 0.225. The van der Waals surface area contributed by atoms with Gasteiger partial charge in [-0.1, -0.05) is 6.92 Å². The molecule has 2 heterocycles. The van der Waals surface area contributed by atoms with E-state index in [2.05, 4.69) is 29.1 Å². The first-order valence-corrected chi connectivity index (χ1v) is 6.92. The van der Waals surface area contributed by atoms with E-state index in [1.807, 2.05) is 0 Å². The fourth-order valence-electron chi connectivity index (χ4n) is 3.06. The van der Waals surface area contributed by atoms with Gasteiger partial charge in [0.25, 0.3) is 0 Å². The van der Waals surface area contributed by atoms with Crippen LogP contribution in [0.5, 0.6) is 0 Å². The van der Waals surface area contributed by atoms with Crippen LogP contribution in [0.4, 0.5) is 0 Å². The van der Waals surface area contributed by atoms with Crippen molar-refractivity contribution in [3.05, 3.63) is 0 Å². The number of likely N-dealkylation sites (tertiary alicyclic amines) is 1. The van der Waals surface area contributed by atoms with Crippen LogP contribution >= 0.6 is 0 Å². The van der Waals surface area contributed by atoms with Gasteiger partial charge in [0.05, 0.1) is 0 Å². The molecule has 2 aliphatic rings. The molecule has 0 aromatic rings. The van der Waals surface area contributed by atoms with Gasteiger partial charge in [0.2, 0.25) is 0 Å². The van der Waals surface area contributed by atoms with E-state index in [1.54, 1.807) is 0 Å². The van der Waals surface area contributed by atoms with E-state index in [0.717, 1.165) is 12.0 Å². The second-order valence-electron chi connectivity index (χ2n) is 5.59. The van der Waals surface area contributed by atoms with Crippen molar-refractivity contribution in [1.29, 1.82) is 0 Å². The van der Waals surface area contributed by atoms with Gasteiger partial charge in [-0.2, -0.15) is 0 Å². The highest BCUT2D eigenvalue weighted by Gasteiger charge is 2.24. The monoisotopic (exact) mass is 225 g/mol. The van der Waals surface area contributed by atoms with E-state index in [9.17, 15) is 0 Å². The Morgan fingerprint density at radius 3 is 2.81 bits per heavy atom. The molecule has 0 aromatic carbocycles. The van der Waals surface area contributed by atoms with Crippen molar-refractivity contribution in [2.24, 2.45) is 5.92 Å². The zero-order valence-electron chi connectivity index (χ0n) is 10.9. The van der Waals surface area contributed by atoms with Crippen molar-refractivity contribution >= 4 is 0 Å². The third-order valence-electron chi connectivity index (χ3n) is 4.06. The number of rotatable bonds is 3. The summed E-state index contributed by atoms with van der Waals surface area (Å²) in [4.78, 5) is 5.16. The van der Waals surface area contributed by atoms with E-state index in [0.29, 0.717) is 0 Å². The number of nitrogens with one attached hydrogen (secondary N) is 1. The molecule has 0 radical (unpaired) electrons. The van der Waals surface area contributed by atoms with Crippen LogP contribution in [-0.4, -0.2) is 62.2 Å². The maximum atomic E-state index is 3.64. The molecule has 3 nitrogen and oxygen atoms in total. The molecule has 0 spiro atoms.